The molecule has 2 rings (SSSR count). The van der Waals surface area contributed by atoms with Gasteiger partial charge in [-0.15, -0.1) is 0 Å². The molecule has 1 aliphatic rings. The molecule has 0 nitrogen and oxygen atoms in total. The highest BCUT2D eigenvalue weighted by atomic mass is 32.2. The molecule has 0 bridgehead atoms. The molecule has 1 heterocycles. The largest absolute Gasteiger partial charge is 0.191 e. The van der Waals surface area contributed by atoms with Crippen LogP contribution in [0.25, 0.3) is 0 Å². The highest BCUT2D eigenvalue weighted by molar-refractivity contribution is 8.04. The van der Waals surface area contributed by atoms with E-state index in [1.165, 1.54) is 5.75 Å². The van der Waals surface area contributed by atoms with Crippen molar-refractivity contribution in [3.8, 4) is 0 Å². The van der Waals surface area contributed by atoms with E-state index in [1.807, 2.05) is 0 Å². The molecule has 0 amide bonds. The van der Waals surface area contributed by atoms with Gasteiger partial charge in [0, 0.05) is 21.9 Å². The molecular weight excluding hydrogens is 200 g/mol. The molecule has 1 saturated heterocycles. The summed E-state index contributed by atoms with van der Waals surface area (Å²) in [7, 11) is 0.631. The van der Waals surface area contributed by atoms with Crippen LogP contribution in [0.4, 0.5) is 0 Å². The van der Waals surface area contributed by atoms with Gasteiger partial charge in [0.05, 0.1) is 0 Å². The maximum absolute atomic E-state index is 2.39. The third-order valence-electron chi connectivity index (χ3n) is 3.17. The number of rotatable bonds is 2. The highest BCUT2D eigenvalue weighted by Crippen LogP contribution is 2.56. The van der Waals surface area contributed by atoms with Gasteiger partial charge >= 0.3 is 0 Å². The third-order valence-corrected chi connectivity index (χ3v) is 6.35. The Morgan fingerprint density at radius 1 is 1.13 bits per heavy atom. The van der Waals surface area contributed by atoms with Crippen molar-refractivity contribution in [3.05, 3.63) is 35.9 Å². The summed E-state index contributed by atoms with van der Waals surface area (Å²) in [6.07, 6.45) is 0. The first-order valence-electron chi connectivity index (χ1n) is 5.79. The summed E-state index contributed by atoms with van der Waals surface area (Å²) >= 11 is 0. The molecular formula is C14H21S+. The first kappa shape index (κ1) is 11.1. The average molecular weight is 221 g/mol. The minimum Gasteiger partial charge on any atom is -0.0622 e. The molecule has 0 aromatic heterocycles. The number of hydrogen-bond donors (Lipinski definition) is 0. The Hall–Kier alpha value is -0.430. The third kappa shape index (κ3) is 2.08. The van der Waals surface area contributed by atoms with Crippen molar-refractivity contribution in [1.29, 1.82) is 0 Å². The van der Waals surface area contributed by atoms with Crippen molar-refractivity contribution in [2.45, 2.75) is 38.2 Å². The summed E-state index contributed by atoms with van der Waals surface area (Å²) in [5.41, 5.74) is 2.03. The SMILES string of the molecule is CC[S+]1[C@H](c2ccccc2)[C@H]1C(C)(C)C. The standard InChI is InChI=1S/C14H21S/c1-5-15-12(13(15)14(2,3)4)11-9-7-6-8-10-11/h6-10,12-13H,5H2,1-4H3/q+1/t12-,13+,15?/m1/s1. The van der Waals surface area contributed by atoms with Gasteiger partial charge in [-0.3, -0.25) is 0 Å². The van der Waals surface area contributed by atoms with Gasteiger partial charge in [0.25, 0.3) is 0 Å². The van der Waals surface area contributed by atoms with E-state index in [2.05, 4.69) is 58.0 Å². The summed E-state index contributed by atoms with van der Waals surface area (Å²) in [4.78, 5) is 0. The van der Waals surface area contributed by atoms with Crippen LogP contribution in [-0.2, 0) is 10.9 Å². The lowest BCUT2D eigenvalue weighted by molar-refractivity contribution is 0.417. The van der Waals surface area contributed by atoms with Crippen LogP contribution < -0.4 is 0 Å². The molecule has 1 aromatic carbocycles. The van der Waals surface area contributed by atoms with E-state index in [-0.39, 0.29) is 0 Å². The zero-order valence-electron chi connectivity index (χ0n) is 10.2. The lowest BCUT2D eigenvalue weighted by Gasteiger charge is -2.11. The Morgan fingerprint density at radius 3 is 2.13 bits per heavy atom. The van der Waals surface area contributed by atoms with Gasteiger partial charge < -0.3 is 0 Å². The van der Waals surface area contributed by atoms with Crippen LogP contribution in [0.1, 0.15) is 38.5 Å². The zero-order valence-corrected chi connectivity index (χ0v) is 11.0. The van der Waals surface area contributed by atoms with Gasteiger partial charge in [0.1, 0.15) is 5.75 Å². The lowest BCUT2D eigenvalue weighted by atomic mass is 9.89. The maximum atomic E-state index is 2.39. The molecule has 1 aromatic rings. The van der Waals surface area contributed by atoms with Gasteiger partial charge in [-0.2, -0.15) is 0 Å². The highest BCUT2D eigenvalue weighted by Gasteiger charge is 2.67. The van der Waals surface area contributed by atoms with E-state index >= 15 is 0 Å². The van der Waals surface area contributed by atoms with Crippen molar-refractivity contribution in [2.75, 3.05) is 5.75 Å². The van der Waals surface area contributed by atoms with Gasteiger partial charge in [-0.25, -0.2) is 0 Å². The Kier molecular flexibility index (Phi) is 2.85. The maximum Gasteiger partial charge on any atom is 0.191 e. The Bertz CT molecular complexity index is 323. The normalized spacial score (nSPS) is 30.3. The lowest BCUT2D eigenvalue weighted by Crippen LogP contribution is -2.16. The quantitative estimate of drug-likeness (QED) is 0.526. The molecule has 3 atom stereocenters. The van der Waals surface area contributed by atoms with Crippen LogP contribution in [0.15, 0.2) is 30.3 Å². The van der Waals surface area contributed by atoms with Crippen LogP contribution in [0.3, 0.4) is 0 Å². The molecule has 1 fully saturated rings. The molecule has 82 valence electrons. The molecule has 0 spiro atoms. The fraction of sp³-hybridized carbons (Fsp3) is 0.571. The molecule has 0 radical (unpaired) electrons. The second kappa shape index (κ2) is 3.86. The van der Waals surface area contributed by atoms with Gasteiger partial charge in [-0.1, -0.05) is 51.1 Å². The van der Waals surface area contributed by atoms with E-state index in [0.717, 1.165) is 10.5 Å². The van der Waals surface area contributed by atoms with E-state index in [9.17, 15) is 0 Å². The molecule has 1 heteroatoms. The van der Waals surface area contributed by atoms with E-state index < -0.39 is 0 Å². The van der Waals surface area contributed by atoms with Crippen LogP contribution >= 0.6 is 0 Å². The van der Waals surface area contributed by atoms with Gasteiger partial charge in [0.15, 0.2) is 10.5 Å². The minimum absolute atomic E-state index is 0.472. The first-order valence-corrected chi connectivity index (χ1v) is 7.31. The first-order chi connectivity index (χ1) is 7.05. The van der Waals surface area contributed by atoms with E-state index in [1.54, 1.807) is 5.56 Å². The summed E-state index contributed by atoms with van der Waals surface area (Å²) in [6, 6.07) is 11.1. The van der Waals surface area contributed by atoms with Crippen LogP contribution in [0.2, 0.25) is 0 Å². The van der Waals surface area contributed by atoms with E-state index in [0.29, 0.717) is 16.3 Å². The van der Waals surface area contributed by atoms with Crippen molar-refractivity contribution < 1.29 is 0 Å². The Balaban J connectivity index is 2.19. The Labute approximate surface area is 96.4 Å². The summed E-state index contributed by atoms with van der Waals surface area (Å²) in [5.74, 6) is 1.35. The minimum atomic E-state index is 0.472. The van der Waals surface area contributed by atoms with Crippen molar-refractivity contribution >= 4 is 10.9 Å². The predicted molar refractivity (Wildman–Crippen MR) is 70.3 cm³/mol. The predicted octanol–water partition coefficient (Wildman–Crippen LogP) is 3.79. The van der Waals surface area contributed by atoms with Crippen LogP contribution in [0.5, 0.6) is 0 Å². The monoisotopic (exact) mass is 221 g/mol. The molecule has 0 aliphatic carbocycles. The molecule has 0 N–H and O–H groups in total. The topological polar surface area (TPSA) is 0 Å². The van der Waals surface area contributed by atoms with Crippen LogP contribution in [-0.4, -0.2) is 11.0 Å². The molecule has 1 unspecified atom stereocenters. The van der Waals surface area contributed by atoms with Crippen molar-refractivity contribution in [2.24, 2.45) is 5.41 Å². The number of hydrogen-bond acceptors (Lipinski definition) is 0. The fourth-order valence-corrected chi connectivity index (χ4v) is 5.94. The summed E-state index contributed by atoms with van der Waals surface area (Å²) < 4.78 is 0. The van der Waals surface area contributed by atoms with Gasteiger partial charge in [-0.05, 0) is 6.92 Å². The van der Waals surface area contributed by atoms with Crippen LogP contribution in [0, 0.1) is 5.41 Å². The van der Waals surface area contributed by atoms with E-state index in [4.69, 9.17) is 0 Å². The van der Waals surface area contributed by atoms with Gasteiger partial charge in [0.2, 0.25) is 0 Å². The second-order valence-electron chi connectivity index (χ2n) is 5.38. The molecule has 15 heavy (non-hydrogen) atoms. The van der Waals surface area contributed by atoms with Crippen molar-refractivity contribution in [1.82, 2.24) is 0 Å². The molecule has 1 aliphatic heterocycles. The Morgan fingerprint density at radius 2 is 1.73 bits per heavy atom. The average Bonchev–Trinajstić information content (AvgIpc) is 2.92. The number of benzene rings is 1. The van der Waals surface area contributed by atoms with Crippen molar-refractivity contribution in [3.63, 3.8) is 0 Å². The molecule has 0 saturated carbocycles. The zero-order chi connectivity index (χ0) is 11.1. The smallest absolute Gasteiger partial charge is 0.0622 e. The summed E-state index contributed by atoms with van der Waals surface area (Å²) in [6.45, 7) is 9.49. The second-order valence-corrected chi connectivity index (χ2v) is 7.91. The summed E-state index contributed by atoms with van der Waals surface area (Å²) in [5, 5.41) is 1.75. The fourth-order valence-electron chi connectivity index (χ4n) is 2.51.